The number of ether oxygens (including phenoxy) is 1. The number of aryl methyl sites for hydroxylation is 1. The Morgan fingerprint density at radius 1 is 1.69 bits per heavy atom. The molecule has 0 aromatic carbocycles. The molecule has 1 amide bonds. The van der Waals surface area contributed by atoms with Crippen LogP contribution in [-0.4, -0.2) is 52.6 Å². The molecule has 16 heavy (non-hydrogen) atoms. The van der Waals surface area contributed by atoms with Crippen molar-refractivity contribution in [3.63, 3.8) is 0 Å². The fraction of sp³-hybridized carbons (Fsp3) is 0.667. The number of methoxy groups -OCH3 is 1. The van der Waals surface area contributed by atoms with Crippen LogP contribution in [0.2, 0.25) is 0 Å². The zero-order valence-electron chi connectivity index (χ0n) is 9.36. The summed E-state index contributed by atoms with van der Waals surface area (Å²) in [5.74, 6) is 0.329. The molecule has 0 radical (unpaired) electrons. The van der Waals surface area contributed by atoms with Crippen molar-refractivity contribution in [2.45, 2.75) is 19.4 Å². The summed E-state index contributed by atoms with van der Waals surface area (Å²) in [7, 11) is 1.48. The molecule has 0 aliphatic heterocycles. The second-order valence-electron chi connectivity index (χ2n) is 3.28. The SMILES string of the molecule is CCc1nc(C(=O)NCC(O)COC)n[nH]1. The second kappa shape index (κ2) is 6.19. The fourth-order valence-corrected chi connectivity index (χ4v) is 1.10. The number of carbonyl (C=O) groups is 1. The first-order chi connectivity index (χ1) is 7.67. The number of hydrogen-bond acceptors (Lipinski definition) is 5. The smallest absolute Gasteiger partial charge is 0.291 e. The van der Waals surface area contributed by atoms with Crippen LogP contribution in [0.4, 0.5) is 0 Å². The molecule has 0 saturated heterocycles. The molecule has 3 N–H and O–H groups in total. The second-order valence-corrected chi connectivity index (χ2v) is 3.28. The van der Waals surface area contributed by atoms with Crippen molar-refractivity contribution < 1.29 is 14.6 Å². The molecule has 0 bridgehead atoms. The Labute approximate surface area is 93.2 Å². The molecule has 1 heterocycles. The highest BCUT2D eigenvalue weighted by Gasteiger charge is 2.13. The number of nitrogens with one attached hydrogen (secondary N) is 2. The largest absolute Gasteiger partial charge is 0.389 e. The van der Waals surface area contributed by atoms with Crippen molar-refractivity contribution in [1.82, 2.24) is 20.5 Å². The molecule has 1 rings (SSSR count). The average molecular weight is 228 g/mol. The number of H-pyrrole nitrogens is 1. The lowest BCUT2D eigenvalue weighted by atomic mass is 10.3. The van der Waals surface area contributed by atoms with Gasteiger partial charge in [0.25, 0.3) is 5.91 Å². The van der Waals surface area contributed by atoms with Gasteiger partial charge < -0.3 is 15.2 Å². The third-order valence-electron chi connectivity index (χ3n) is 1.93. The molecular weight excluding hydrogens is 212 g/mol. The predicted molar refractivity (Wildman–Crippen MR) is 56.0 cm³/mol. The van der Waals surface area contributed by atoms with Crippen molar-refractivity contribution in [3.05, 3.63) is 11.6 Å². The zero-order valence-corrected chi connectivity index (χ0v) is 9.36. The van der Waals surface area contributed by atoms with Crippen LogP contribution in [-0.2, 0) is 11.2 Å². The summed E-state index contributed by atoms with van der Waals surface area (Å²) in [6.07, 6.45) is -0.0365. The van der Waals surface area contributed by atoms with Gasteiger partial charge in [0, 0.05) is 20.1 Å². The molecule has 0 fully saturated rings. The minimum absolute atomic E-state index is 0.0847. The molecule has 0 saturated carbocycles. The van der Waals surface area contributed by atoms with Crippen LogP contribution in [0.15, 0.2) is 0 Å². The van der Waals surface area contributed by atoms with Crippen molar-refractivity contribution in [2.24, 2.45) is 0 Å². The first kappa shape index (κ1) is 12.6. The van der Waals surface area contributed by atoms with Gasteiger partial charge in [0.2, 0.25) is 5.82 Å². The van der Waals surface area contributed by atoms with Crippen LogP contribution < -0.4 is 5.32 Å². The Bertz CT molecular complexity index is 339. The molecule has 0 aliphatic carbocycles. The molecule has 0 spiro atoms. The molecule has 1 aromatic heterocycles. The van der Waals surface area contributed by atoms with E-state index in [4.69, 9.17) is 4.74 Å². The van der Waals surface area contributed by atoms with Gasteiger partial charge in [0.05, 0.1) is 12.7 Å². The summed E-state index contributed by atoms with van der Waals surface area (Å²) < 4.78 is 4.72. The molecule has 1 aromatic rings. The number of aromatic amines is 1. The summed E-state index contributed by atoms with van der Waals surface area (Å²) in [5.41, 5.74) is 0. The standard InChI is InChI=1S/C9H16N4O3/c1-3-7-11-8(13-12-7)9(15)10-4-6(14)5-16-2/h6,14H,3-5H2,1-2H3,(H,10,15)(H,11,12,13). The third-order valence-corrected chi connectivity index (χ3v) is 1.93. The number of aromatic nitrogens is 3. The van der Waals surface area contributed by atoms with Gasteiger partial charge in [-0.3, -0.25) is 9.89 Å². The van der Waals surface area contributed by atoms with Crippen LogP contribution >= 0.6 is 0 Å². The summed E-state index contributed by atoms with van der Waals surface area (Å²) in [5, 5.41) is 18.2. The lowest BCUT2D eigenvalue weighted by molar-refractivity contribution is 0.0607. The van der Waals surface area contributed by atoms with E-state index in [1.54, 1.807) is 0 Å². The van der Waals surface area contributed by atoms with Crippen molar-refractivity contribution in [1.29, 1.82) is 0 Å². The third kappa shape index (κ3) is 3.59. The zero-order chi connectivity index (χ0) is 12.0. The summed E-state index contributed by atoms with van der Waals surface area (Å²) in [6.45, 7) is 2.20. The van der Waals surface area contributed by atoms with Gasteiger partial charge in [-0.25, -0.2) is 4.98 Å². The quantitative estimate of drug-likeness (QED) is 0.586. The maximum Gasteiger partial charge on any atom is 0.291 e. The van der Waals surface area contributed by atoms with Gasteiger partial charge in [-0.1, -0.05) is 6.92 Å². The van der Waals surface area contributed by atoms with E-state index in [9.17, 15) is 9.90 Å². The van der Waals surface area contributed by atoms with E-state index in [0.29, 0.717) is 12.2 Å². The van der Waals surface area contributed by atoms with Crippen molar-refractivity contribution in [3.8, 4) is 0 Å². The number of carbonyl (C=O) groups excluding carboxylic acids is 1. The first-order valence-electron chi connectivity index (χ1n) is 5.03. The normalized spacial score (nSPS) is 12.4. The maximum atomic E-state index is 11.5. The van der Waals surface area contributed by atoms with Gasteiger partial charge >= 0.3 is 0 Å². The van der Waals surface area contributed by atoms with Crippen LogP contribution in [0, 0.1) is 0 Å². The minimum atomic E-state index is -0.724. The highest BCUT2D eigenvalue weighted by Crippen LogP contribution is 1.93. The number of nitrogens with zero attached hydrogens (tertiary/aromatic N) is 2. The lowest BCUT2D eigenvalue weighted by Gasteiger charge is -2.09. The average Bonchev–Trinajstić information content (AvgIpc) is 2.75. The van der Waals surface area contributed by atoms with Crippen LogP contribution in [0.5, 0.6) is 0 Å². The van der Waals surface area contributed by atoms with Crippen LogP contribution in [0.1, 0.15) is 23.4 Å². The van der Waals surface area contributed by atoms with E-state index in [2.05, 4.69) is 20.5 Å². The van der Waals surface area contributed by atoms with Crippen LogP contribution in [0.25, 0.3) is 0 Å². The van der Waals surface area contributed by atoms with Gasteiger partial charge in [-0.05, 0) is 0 Å². The lowest BCUT2D eigenvalue weighted by Crippen LogP contribution is -2.34. The fourth-order valence-electron chi connectivity index (χ4n) is 1.10. The van der Waals surface area contributed by atoms with E-state index >= 15 is 0 Å². The van der Waals surface area contributed by atoms with E-state index in [0.717, 1.165) is 0 Å². The Hall–Kier alpha value is -1.47. The van der Waals surface area contributed by atoms with E-state index < -0.39 is 12.0 Å². The first-order valence-corrected chi connectivity index (χ1v) is 5.03. The highest BCUT2D eigenvalue weighted by atomic mass is 16.5. The van der Waals surface area contributed by atoms with Crippen molar-refractivity contribution >= 4 is 5.91 Å². The molecule has 1 atom stereocenters. The topological polar surface area (TPSA) is 100 Å². The van der Waals surface area contributed by atoms with Gasteiger partial charge in [-0.15, -0.1) is 5.10 Å². The minimum Gasteiger partial charge on any atom is -0.389 e. The van der Waals surface area contributed by atoms with Gasteiger partial charge in [0.1, 0.15) is 5.82 Å². The Morgan fingerprint density at radius 3 is 3.00 bits per heavy atom. The molecule has 7 nitrogen and oxygen atoms in total. The highest BCUT2D eigenvalue weighted by molar-refractivity contribution is 5.90. The maximum absolute atomic E-state index is 11.5. The number of aliphatic hydroxyl groups excluding tert-OH is 1. The van der Waals surface area contributed by atoms with Crippen LogP contribution in [0.3, 0.4) is 0 Å². The summed E-state index contributed by atoms with van der Waals surface area (Å²) >= 11 is 0. The monoisotopic (exact) mass is 228 g/mol. The van der Waals surface area contributed by atoms with Gasteiger partial charge in [0.15, 0.2) is 0 Å². The summed E-state index contributed by atoms with van der Waals surface area (Å²) in [4.78, 5) is 15.4. The van der Waals surface area contributed by atoms with Gasteiger partial charge in [-0.2, -0.15) is 0 Å². The molecular formula is C9H16N4O3. The number of rotatable bonds is 6. The Morgan fingerprint density at radius 2 is 2.44 bits per heavy atom. The Balaban J connectivity index is 2.40. The van der Waals surface area contributed by atoms with E-state index in [-0.39, 0.29) is 19.0 Å². The van der Waals surface area contributed by atoms with E-state index in [1.165, 1.54) is 7.11 Å². The van der Waals surface area contributed by atoms with Crippen molar-refractivity contribution in [2.75, 3.05) is 20.3 Å². The predicted octanol–water partition coefficient (Wildman–Crippen LogP) is -0.896. The summed E-state index contributed by atoms with van der Waals surface area (Å²) in [6, 6.07) is 0. The Kier molecular flexibility index (Phi) is 4.87. The molecule has 0 aliphatic rings. The molecule has 7 heteroatoms. The van der Waals surface area contributed by atoms with E-state index in [1.807, 2.05) is 6.92 Å². The number of aliphatic hydroxyl groups is 1. The number of hydrogen-bond donors (Lipinski definition) is 3. The molecule has 1 unspecified atom stereocenters. The molecule has 90 valence electrons. The number of amides is 1.